The molecule has 0 saturated carbocycles. The van der Waals surface area contributed by atoms with Crippen LogP contribution in [0.1, 0.15) is 33.1 Å². The first kappa shape index (κ1) is 11.8. The molecule has 18 heavy (non-hydrogen) atoms. The smallest absolute Gasteiger partial charge is 0.118 e. The van der Waals surface area contributed by atoms with Gasteiger partial charge in [0.2, 0.25) is 0 Å². The molecule has 0 bridgehead atoms. The molecule has 2 aliphatic rings. The first-order valence-corrected chi connectivity index (χ1v) is 7.06. The van der Waals surface area contributed by atoms with Crippen LogP contribution in [-0.2, 0) is 0 Å². The summed E-state index contributed by atoms with van der Waals surface area (Å²) < 4.78 is 0. The van der Waals surface area contributed by atoms with Gasteiger partial charge in [0.15, 0.2) is 0 Å². The van der Waals surface area contributed by atoms with Crippen LogP contribution in [-0.4, -0.2) is 29.7 Å². The van der Waals surface area contributed by atoms with Gasteiger partial charge in [0, 0.05) is 12.6 Å². The molecule has 1 aromatic carbocycles. The van der Waals surface area contributed by atoms with Crippen LogP contribution in [0.15, 0.2) is 24.3 Å². The molecule has 3 rings (SSSR count). The van der Waals surface area contributed by atoms with Crippen molar-refractivity contribution >= 4 is 11.4 Å². The molecule has 0 amide bonds. The number of fused-ring (bicyclic) bond motifs is 1. The summed E-state index contributed by atoms with van der Waals surface area (Å²) in [4.78, 5) is 2.61. The molecule has 1 aromatic rings. The number of hydrogen-bond acceptors (Lipinski definition) is 3. The van der Waals surface area contributed by atoms with Crippen molar-refractivity contribution in [2.45, 2.75) is 44.8 Å². The van der Waals surface area contributed by atoms with Crippen molar-refractivity contribution in [2.75, 3.05) is 23.7 Å². The zero-order valence-electron chi connectivity index (χ0n) is 11.4. The van der Waals surface area contributed by atoms with Gasteiger partial charge in [-0.3, -0.25) is 4.90 Å². The summed E-state index contributed by atoms with van der Waals surface area (Å²) in [6.45, 7) is 6.90. The third kappa shape index (κ3) is 2.19. The Morgan fingerprint density at radius 1 is 1.22 bits per heavy atom. The third-order valence-corrected chi connectivity index (χ3v) is 4.21. The van der Waals surface area contributed by atoms with Crippen molar-refractivity contribution in [3.05, 3.63) is 24.3 Å². The van der Waals surface area contributed by atoms with Gasteiger partial charge >= 0.3 is 0 Å². The standard InChI is InChI=1S/C15H23N3/c1-12-7-5-6-10-18(12)11-15(2)16-13-8-3-4-9-14(13)17-15/h3-4,8-9,12,16-17H,5-7,10-11H2,1-2H3. The SMILES string of the molecule is CC1CCCCN1CC1(C)Nc2ccccc2N1. The molecule has 0 radical (unpaired) electrons. The van der Waals surface area contributed by atoms with E-state index in [0.29, 0.717) is 6.04 Å². The van der Waals surface area contributed by atoms with E-state index in [1.54, 1.807) is 0 Å². The molecule has 0 spiro atoms. The molecule has 1 fully saturated rings. The zero-order valence-corrected chi connectivity index (χ0v) is 11.4. The Labute approximate surface area is 110 Å². The van der Waals surface area contributed by atoms with Crippen LogP contribution in [0.5, 0.6) is 0 Å². The first-order valence-electron chi connectivity index (χ1n) is 7.06. The predicted octanol–water partition coefficient (Wildman–Crippen LogP) is 3.11. The van der Waals surface area contributed by atoms with E-state index in [1.165, 1.54) is 37.2 Å². The Kier molecular flexibility index (Phi) is 2.94. The van der Waals surface area contributed by atoms with Crippen LogP contribution in [0.25, 0.3) is 0 Å². The summed E-state index contributed by atoms with van der Waals surface area (Å²) in [5.74, 6) is 0. The van der Waals surface area contributed by atoms with E-state index in [4.69, 9.17) is 0 Å². The molecule has 1 unspecified atom stereocenters. The highest BCUT2D eigenvalue weighted by Gasteiger charge is 2.34. The Morgan fingerprint density at radius 3 is 2.50 bits per heavy atom. The van der Waals surface area contributed by atoms with E-state index in [0.717, 1.165) is 6.54 Å². The molecule has 2 heterocycles. The highest BCUT2D eigenvalue weighted by molar-refractivity contribution is 5.75. The average molecular weight is 245 g/mol. The zero-order chi connectivity index (χ0) is 12.6. The van der Waals surface area contributed by atoms with E-state index in [9.17, 15) is 0 Å². The van der Waals surface area contributed by atoms with E-state index in [2.05, 4.69) is 53.6 Å². The molecule has 0 aliphatic carbocycles. The summed E-state index contributed by atoms with van der Waals surface area (Å²) in [7, 11) is 0. The number of anilines is 2. The van der Waals surface area contributed by atoms with Crippen molar-refractivity contribution in [1.29, 1.82) is 0 Å². The second kappa shape index (κ2) is 4.47. The summed E-state index contributed by atoms with van der Waals surface area (Å²) in [6, 6.07) is 9.18. The molecule has 1 saturated heterocycles. The fourth-order valence-electron chi connectivity index (χ4n) is 3.20. The third-order valence-electron chi connectivity index (χ3n) is 4.21. The lowest BCUT2D eigenvalue weighted by atomic mass is 10.0. The second-order valence-electron chi connectivity index (χ2n) is 5.94. The van der Waals surface area contributed by atoms with Crippen LogP contribution in [0.4, 0.5) is 11.4 Å². The molecule has 3 heteroatoms. The van der Waals surface area contributed by atoms with Crippen LogP contribution in [0.2, 0.25) is 0 Å². The Balaban J connectivity index is 1.70. The molecule has 3 nitrogen and oxygen atoms in total. The van der Waals surface area contributed by atoms with E-state index in [1.807, 2.05) is 0 Å². The van der Waals surface area contributed by atoms with Gasteiger partial charge in [0.05, 0.1) is 11.4 Å². The first-order chi connectivity index (χ1) is 8.66. The van der Waals surface area contributed by atoms with Crippen molar-refractivity contribution in [2.24, 2.45) is 0 Å². The number of likely N-dealkylation sites (tertiary alicyclic amines) is 1. The number of rotatable bonds is 2. The van der Waals surface area contributed by atoms with Gasteiger partial charge in [-0.15, -0.1) is 0 Å². The largest absolute Gasteiger partial charge is 0.360 e. The number of piperidine rings is 1. The molecule has 2 aliphatic heterocycles. The number of benzene rings is 1. The Hall–Kier alpha value is -1.22. The minimum absolute atomic E-state index is 0.0325. The Bertz CT molecular complexity index is 405. The van der Waals surface area contributed by atoms with Gasteiger partial charge in [0.1, 0.15) is 5.66 Å². The summed E-state index contributed by atoms with van der Waals surface area (Å²) >= 11 is 0. The van der Waals surface area contributed by atoms with E-state index in [-0.39, 0.29) is 5.66 Å². The maximum Gasteiger partial charge on any atom is 0.118 e. The number of nitrogens with one attached hydrogen (secondary N) is 2. The minimum atomic E-state index is -0.0325. The maximum absolute atomic E-state index is 3.63. The summed E-state index contributed by atoms with van der Waals surface area (Å²) in [5.41, 5.74) is 2.42. The van der Waals surface area contributed by atoms with Gasteiger partial charge in [-0.2, -0.15) is 0 Å². The molecule has 98 valence electrons. The van der Waals surface area contributed by atoms with Gasteiger partial charge in [-0.1, -0.05) is 18.6 Å². The quantitative estimate of drug-likeness (QED) is 0.838. The van der Waals surface area contributed by atoms with Crippen molar-refractivity contribution in [3.8, 4) is 0 Å². The highest BCUT2D eigenvalue weighted by Crippen LogP contribution is 2.34. The van der Waals surface area contributed by atoms with Gasteiger partial charge in [-0.05, 0) is 45.4 Å². The van der Waals surface area contributed by atoms with Crippen LogP contribution >= 0.6 is 0 Å². The average Bonchev–Trinajstić information content (AvgIpc) is 2.68. The van der Waals surface area contributed by atoms with Gasteiger partial charge in [0.25, 0.3) is 0 Å². The van der Waals surface area contributed by atoms with Gasteiger partial charge in [-0.25, -0.2) is 0 Å². The molecule has 0 aromatic heterocycles. The summed E-state index contributed by atoms with van der Waals surface area (Å²) in [5, 5.41) is 7.25. The molecule has 2 N–H and O–H groups in total. The van der Waals surface area contributed by atoms with Gasteiger partial charge < -0.3 is 10.6 Å². The lowest BCUT2D eigenvalue weighted by molar-refractivity contribution is 0.142. The van der Waals surface area contributed by atoms with E-state index < -0.39 is 0 Å². The highest BCUT2D eigenvalue weighted by atomic mass is 15.3. The van der Waals surface area contributed by atoms with Crippen LogP contribution < -0.4 is 10.6 Å². The molecule has 1 atom stereocenters. The van der Waals surface area contributed by atoms with Crippen LogP contribution in [0, 0.1) is 0 Å². The number of hydrogen-bond donors (Lipinski definition) is 2. The van der Waals surface area contributed by atoms with Crippen LogP contribution in [0.3, 0.4) is 0 Å². The second-order valence-corrected chi connectivity index (χ2v) is 5.94. The monoisotopic (exact) mass is 245 g/mol. The minimum Gasteiger partial charge on any atom is -0.360 e. The Morgan fingerprint density at radius 2 is 1.89 bits per heavy atom. The molecular weight excluding hydrogens is 222 g/mol. The topological polar surface area (TPSA) is 27.3 Å². The van der Waals surface area contributed by atoms with Crippen molar-refractivity contribution in [1.82, 2.24) is 4.90 Å². The fraction of sp³-hybridized carbons (Fsp3) is 0.600. The van der Waals surface area contributed by atoms with E-state index >= 15 is 0 Å². The van der Waals surface area contributed by atoms with Crippen molar-refractivity contribution in [3.63, 3.8) is 0 Å². The molecular formula is C15H23N3. The fourth-order valence-corrected chi connectivity index (χ4v) is 3.20. The predicted molar refractivity (Wildman–Crippen MR) is 77.0 cm³/mol. The maximum atomic E-state index is 3.63. The normalized spacial score (nSPS) is 26.2. The lowest BCUT2D eigenvalue weighted by Crippen LogP contribution is -2.52. The van der Waals surface area contributed by atoms with Crippen molar-refractivity contribution < 1.29 is 0 Å². The summed E-state index contributed by atoms with van der Waals surface area (Å²) in [6.07, 6.45) is 4.06. The number of nitrogens with zero attached hydrogens (tertiary/aromatic N) is 1. The lowest BCUT2D eigenvalue weighted by Gasteiger charge is -2.39. The number of para-hydroxylation sites is 2.